The molecule has 0 radical (unpaired) electrons. The number of ether oxygens (including phenoxy) is 1. The lowest BCUT2D eigenvalue weighted by Gasteiger charge is -2.18. The van der Waals surface area contributed by atoms with Gasteiger partial charge < -0.3 is 10.1 Å². The van der Waals surface area contributed by atoms with E-state index in [0.717, 1.165) is 11.3 Å². The molecule has 1 unspecified atom stereocenters. The summed E-state index contributed by atoms with van der Waals surface area (Å²) in [6, 6.07) is 12.9. The van der Waals surface area contributed by atoms with Gasteiger partial charge >= 0.3 is 0 Å². The van der Waals surface area contributed by atoms with E-state index < -0.39 is 4.92 Å². The zero-order valence-electron chi connectivity index (χ0n) is 12.3. The number of nitro groups is 1. The summed E-state index contributed by atoms with van der Waals surface area (Å²) in [5.41, 5.74) is 3.09. The van der Waals surface area contributed by atoms with E-state index >= 15 is 0 Å². The van der Waals surface area contributed by atoms with E-state index in [4.69, 9.17) is 4.74 Å². The Morgan fingerprint density at radius 2 is 1.86 bits per heavy atom. The monoisotopic (exact) mass is 286 g/mol. The fraction of sp³-hybridized carbons (Fsp3) is 0.250. The number of rotatable bonds is 5. The molecule has 0 heterocycles. The molecule has 0 amide bonds. The summed E-state index contributed by atoms with van der Waals surface area (Å²) in [5.74, 6) is 0.461. The van der Waals surface area contributed by atoms with Gasteiger partial charge in [0, 0.05) is 12.1 Å². The number of benzene rings is 2. The number of nitrogens with one attached hydrogen (secondary N) is 1. The van der Waals surface area contributed by atoms with Gasteiger partial charge in [0.2, 0.25) is 0 Å². The minimum Gasteiger partial charge on any atom is -0.494 e. The minimum absolute atomic E-state index is 0.0142. The molecule has 2 aromatic carbocycles. The maximum atomic E-state index is 10.8. The van der Waals surface area contributed by atoms with Crippen LogP contribution < -0.4 is 10.1 Å². The Hall–Kier alpha value is -2.56. The van der Waals surface area contributed by atoms with Gasteiger partial charge in [-0.2, -0.15) is 0 Å². The SMILES string of the molecule is COc1cc([N+](=O)[O-])ccc1NC(C)c1ccc(C)cc1. The second-order valence-corrected chi connectivity index (χ2v) is 4.92. The largest absolute Gasteiger partial charge is 0.494 e. The molecule has 0 bridgehead atoms. The summed E-state index contributed by atoms with van der Waals surface area (Å²) in [4.78, 5) is 10.4. The zero-order chi connectivity index (χ0) is 15.4. The molecule has 1 N–H and O–H groups in total. The smallest absolute Gasteiger partial charge is 0.273 e. The van der Waals surface area contributed by atoms with Crippen molar-refractivity contribution in [3.05, 3.63) is 63.7 Å². The molecule has 0 saturated carbocycles. The Morgan fingerprint density at radius 1 is 1.19 bits per heavy atom. The van der Waals surface area contributed by atoms with Crippen LogP contribution in [0.4, 0.5) is 11.4 Å². The highest BCUT2D eigenvalue weighted by atomic mass is 16.6. The van der Waals surface area contributed by atoms with Crippen molar-refractivity contribution in [2.45, 2.75) is 19.9 Å². The van der Waals surface area contributed by atoms with Gasteiger partial charge in [0.1, 0.15) is 5.75 Å². The summed E-state index contributed by atoms with van der Waals surface area (Å²) < 4.78 is 5.23. The van der Waals surface area contributed by atoms with Crippen molar-refractivity contribution in [2.75, 3.05) is 12.4 Å². The molecule has 21 heavy (non-hydrogen) atoms. The molecule has 5 nitrogen and oxygen atoms in total. The Kier molecular flexibility index (Phi) is 4.42. The minimum atomic E-state index is -0.435. The molecule has 1 atom stereocenters. The molecular formula is C16H18N2O3. The summed E-state index contributed by atoms with van der Waals surface area (Å²) in [6.45, 7) is 4.08. The van der Waals surface area contributed by atoms with Gasteiger partial charge in [-0.05, 0) is 25.5 Å². The van der Waals surface area contributed by atoms with Crippen LogP contribution in [0.1, 0.15) is 24.1 Å². The average Bonchev–Trinajstić information content (AvgIpc) is 2.48. The van der Waals surface area contributed by atoms with Crippen LogP contribution in [0.3, 0.4) is 0 Å². The van der Waals surface area contributed by atoms with Gasteiger partial charge in [-0.15, -0.1) is 0 Å². The first-order chi connectivity index (χ1) is 10.0. The fourth-order valence-corrected chi connectivity index (χ4v) is 2.08. The van der Waals surface area contributed by atoms with E-state index in [-0.39, 0.29) is 11.7 Å². The maximum Gasteiger partial charge on any atom is 0.273 e. The third kappa shape index (κ3) is 3.51. The first kappa shape index (κ1) is 14.8. The van der Waals surface area contributed by atoms with Crippen molar-refractivity contribution < 1.29 is 9.66 Å². The molecule has 0 aliphatic carbocycles. The molecule has 0 fully saturated rings. The Labute approximate surface area is 123 Å². The van der Waals surface area contributed by atoms with Gasteiger partial charge in [-0.25, -0.2) is 0 Å². The average molecular weight is 286 g/mol. The lowest BCUT2D eigenvalue weighted by molar-refractivity contribution is -0.384. The second-order valence-electron chi connectivity index (χ2n) is 4.92. The van der Waals surface area contributed by atoms with Gasteiger partial charge in [0.15, 0.2) is 0 Å². The number of hydrogen-bond donors (Lipinski definition) is 1. The first-order valence-electron chi connectivity index (χ1n) is 6.67. The third-order valence-corrected chi connectivity index (χ3v) is 3.35. The highest BCUT2D eigenvalue weighted by Gasteiger charge is 2.13. The highest BCUT2D eigenvalue weighted by molar-refractivity contribution is 5.61. The molecule has 110 valence electrons. The predicted molar refractivity (Wildman–Crippen MR) is 82.9 cm³/mol. The van der Waals surface area contributed by atoms with Crippen molar-refractivity contribution in [1.29, 1.82) is 0 Å². The molecule has 0 spiro atoms. The third-order valence-electron chi connectivity index (χ3n) is 3.35. The van der Waals surface area contributed by atoms with Crippen LogP contribution >= 0.6 is 0 Å². The van der Waals surface area contributed by atoms with Crippen LogP contribution in [0.2, 0.25) is 0 Å². The van der Waals surface area contributed by atoms with Gasteiger partial charge in [-0.1, -0.05) is 29.8 Å². The van der Waals surface area contributed by atoms with Crippen LogP contribution in [-0.2, 0) is 0 Å². The van der Waals surface area contributed by atoms with Crippen molar-refractivity contribution in [1.82, 2.24) is 0 Å². The Bertz CT molecular complexity index is 638. The second kappa shape index (κ2) is 6.26. The summed E-state index contributed by atoms with van der Waals surface area (Å²) in [6.07, 6.45) is 0. The highest BCUT2D eigenvalue weighted by Crippen LogP contribution is 2.31. The van der Waals surface area contributed by atoms with Gasteiger partial charge in [0.25, 0.3) is 5.69 Å². The number of aryl methyl sites for hydroxylation is 1. The number of hydrogen-bond acceptors (Lipinski definition) is 4. The van der Waals surface area contributed by atoms with Crippen LogP contribution in [-0.4, -0.2) is 12.0 Å². The summed E-state index contributed by atoms with van der Waals surface area (Å²) >= 11 is 0. The number of non-ortho nitro benzene ring substituents is 1. The van der Waals surface area contributed by atoms with E-state index in [0.29, 0.717) is 5.75 Å². The maximum absolute atomic E-state index is 10.8. The zero-order valence-corrected chi connectivity index (χ0v) is 12.3. The van der Waals surface area contributed by atoms with E-state index in [9.17, 15) is 10.1 Å². The number of nitrogens with zero attached hydrogens (tertiary/aromatic N) is 1. The van der Waals surface area contributed by atoms with Crippen molar-refractivity contribution in [3.63, 3.8) is 0 Å². The quantitative estimate of drug-likeness (QED) is 0.664. The number of anilines is 1. The van der Waals surface area contributed by atoms with E-state index in [1.807, 2.05) is 13.8 Å². The predicted octanol–water partition coefficient (Wildman–Crippen LogP) is 4.08. The van der Waals surface area contributed by atoms with Crippen LogP contribution in [0.15, 0.2) is 42.5 Å². The fourth-order valence-electron chi connectivity index (χ4n) is 2.08. The molecule has 2 rings (SSSR count). The molecule has 0 aromatic heterocycles. The van der Waals surface area contributed by atoms with E-state index in [2.05, 4.69) is 29.6 Å². The number of nitro benzene ring substituents is 1. The van der Waals surface area contributed by atoms with E-state index in [1.165, 1.54) is 24.8 Å². The molecule has 5 heteroatoms. The van der Waals surface area contributed by atoms with Crippen LogP contribution in [0.25, 0.3) is 0 Å². The Morgan fingerprint density at radius 3 is 2.43 bits per heavy atom. The van der Waals surface area contributed by atoms with Crippen molar-refractivity contribution in [2.24, 2.45) is 0 Å². The summed E-state index contributed by atoms with van der Waals surface area (Å²) in [5, 5.41) is 14.1. The first-order valence-corrected chi connectivity index (χ1v) is 6.67. The molecule has 0 aliphatic rings. The van der Waals surface area contributed by atoms with Crippen molar-refractivity contribution in [3.8, 4) is 5.75 Å². The van der Waals surface area contributed by atoms with E-state index in [1.54, 1.807) is 6.07 Å². The normalized spacial score (nSPS) is 11.8. The van der Waals surface area contributed by atoms with Gasteiger partial charge in [-0.3, -0.25) is 10.1 Å². The molecule has 0 aliphatic heterocycles. The molecular weight excluding hydrogens is 268 g/mol. The topological polar surface area (TPSA) is 64.4 Å². The lowest BCUT2D eigenvalue weighted by atomic mass is 10.1. The summed E-state index contributed by atoms with van der Waals surface area (Å²) in [7, 11) is 1.50. The molecule has 2 aromatic rings. The van der Waals surface area contributed by atoms with Crippen molar-refractivity contribution >= 4 is 11.4 Å². The van der Waals surface area contributed by atoms with Crippen LogP contribution in [0.5, 0.6) is 5.75 Å². The van der Waals surface area contributed by atoms with Crippen LogP contribution in [0, 0.1) is 17.0 Å². The molecule has 0 saturated heterocycles. The number of methoxy groups -OCH3 is 1. The lowest BCUT2D eigenvalue weighted by Crippen LogP contribution is -2.07. The standard InChI is InChI=1S/C16H18N2O3/c1-11-4-6-13(7-5-11)12(2)17-15-9-8-14(18(19)20)10-16(15)21-3/h4-10,12,17H,1-3H3. The Balaban J connectivity index is 2.22. The van der Waals surface area contributed by atoms with Gasteiger partial charge in [0.05, 0.1) is 23.8 Å².